The molecular formula is C12H18N2O2. The molecule has 0 aromatic carbocycles. The lowest BCUT2D eigenvalue weighted by Gasteiger charge is -2.29. The van der Waals surface area contributed by atoms with Crippen LogP contribution in [-0.4, -0.2) is 35.8 Å². The van der Waals surface area contributed by atoms with Crippen molar-refractivity contribution in [2.45, 2.75) is 39.2 Å². The summed E-state index contributed by atoms with van der Waals surface area (Å²) in [5.74, 6) is 4.47. The molecule has 1 aliphatic rings. The topological polar surface area (TPSA) is 49.4 Å². The Morgan fingerprint density at radius 1 is 1.25 bits per heavy atom. The van der Waals surface area contributed by atoms with E-state index >= 15 is 0 Å². The van der Waals surface area contributed by atoms with Crippen molar-refractivity contribution < 1.29 is 9.59 Å². The lowest BCUT2D eigenvalue weighted by atomic mass is 10.1. The maximum atomic E-state index is 11.9. The minimum Gasteiger partial charge on any atom is -0.341 e. The van der Waals surface area contributed by atoms with Crippen LogP contribution in [0.1, 0.15) is 33.1 Å². The average molecular weight is 222 g/mol. The SMILES string of the molecule is CC#CC(=O)N[C@@H](C)C(=O)N1CCCCC1. The molecule has 0 saturated carbocycles. The van der Waals surface area contributed by atoms with E-state index in [1.54, 1.807) is 13.8 Å². The minimum absolute atomic E-state index is 0.00838. The number of hydrogen-bond donors (Lipinski definition) is 1. The first-order valence-corrected chi connectivity index (χ1v) is 5.67. The van der Waals surface area contributed by atoms with E-state index in [-0.39, 0.29) is 11.8 Å². The number of amides is 2. The molecule has 1 aliphatic heterocycles. The Bertz CT molecular complexity index is 322. The Morgan fingerprint density at radius 2 is 1.88 bits per heavy atom. The minimum atomic E-state index is -0.480. The number of nitrogens with one attached hydrogen (secondary N) is 1. The molecule has 0 unspecified atom stereocenters. The van der Waals surface area contributed by atoms with Crippen LogP contribution in [0.4, 0.5) is 0 Å². The van der Waals surface area contributed by atoms with Gasteiger partial charge in [-0.25, -0.2) is 0 Å². The number of hydrogen-bond acceptors (Lipinski definition) is 2. The third-order valence-electron chi connectivity index (χ3n) is 2.62. The summed E-state index contributed by atoms with van der Waals surface area (Å²) < 4.78 is 0. The van der Waals surface area contributed by atoms with Gasteiger partial charge in [-0.2, -0.15) is 0 Å². The lowest BCUT2D eigenvalue weighted by Crippen LogP contribution is -2.48. The molecular weight excluding hydrogens is 204 g/mol. The number of piperidine rings is 1. The van der Waals surface area contributed by atoms with Gasteiger partial charge in [0.05, 0.1) is 0 Å². The van der Waals surface area contributed by atoms with Gasteiger partial charge < -0.3 is 10.2 Å². The van der Waals surface area contributed by atoms with E-state index in [1.807, 2.05) is 4.90 Å². The van der Waals surface area contributed by atoms with Crippen LogP contribution in [0.5, 0.6) is 0 Å². The van der Waals surface area contributed by atoms with Crippen LogP contribution < -0.4 is 5.32 Å². The first-order valence-electron chi connectivity index (χ1n) is 5.67. The molecule has 1 rings (SSSR count). The molecule has 1 N–H and O–H groups in total. The van der Waals surface area contributed by atoms with Crippen LogP contribution in [0, 0.1) is 11.8 Å². The molecule has 4 nitrogen and oxygen atoms in total. The maximum absolute atomic E-state index is 11.9. The molecule has 16 heavy (non-hydrogen) atoms. The molecule has 1 heterocycles. The fourth-order valence-electron chi connectivity index (χ4n) is 1.80. The molecule has 1 saturated heterocycles. The van der Waals surface area contributed by atoms with Gasteiger partial charge >= 0.3 is 0 Å². The largest absolute Gasteiger partial charge is 0.341 e. The summed E-state index contributed by atoms with van der Waals surface area (Å²) in [5.41, 5.74) is 0. The summed E-state index contributed by atoms with van der Waals surface area (Å²) in [5, 5.41) is 2.57. The zero-order valence-corrected chi connectivity index (χ0v) is 9.88. The quantitative estimate of drug-likeness (QED) is 0.693. The van der Waals surface area contributed by atoms with Crippen LogP contribution in [0.15, 0.2) is 0 Å². The first-order chi connectivity index (χ1) is 7.65. The van der Waals surface area contributed by atoms with Crippen LogP contribution >= 0.6 is 0 Å². The number of carbonyl (C=O) groups is 2. The van der Waals surface area contributed by atoms with Crippen molar-refractivity contribution in [3.63, 3.8) is 0 Å². The van der Waals surface area contributed by atoms with E-state index in [0.717, 1.165) is 25.9 Å². The van der Waals surface area contributed by atoms with Gasteiger partial charge in [0.15, 0.2) is 0 Å². The molecule has 4 heteroatoms. The smallest absolute Gasteiger partial charge is 0.296 e. The van der Waals surface area contributed by atoms with Gasteiger partial charge in [-0.3, -0.25) is 9.59 Å². The third-order valence-corrected chi connectivity index (χ3v) is 2.62. The lowest BCUT2D eigenvalue weighted by molar-refractivity contribution is -0.135. The van der Waals surface area contributed by atoms with Crippen LogP contribution in [0.25, 0.3) is 0 Å². The average Bonchev–Trinajstić information content (AvgIpc) is 2.29. The molecule has 1 atom stereocenters. The summed E-state index contributed by atoms with van der Waals surface area (Å²) in [6, 6.07) is -0.480. The summed E-state index contributed by atoms with van der Waals surface area (Å²) >= 11 is 0. The standard InChI is InChI=1S/C12H18N2O2/c1-3-7-11(15)13-10(2)12(16)14-8-5-4-6-9-14/h10H,4-6,8-9H2,1-2H3,(H,13,15)/t10-/m0/s1. The van der Waals surface area contributed by atoms with E-state index in [4.69, 9.17) is 0 Å². The Kier molecular flexibility index (Phi) is 4.84. The Balaban J connectivity index is 2.45. The van der Waals surface area contributed by atoms with Gasteiger partial charge in [-0.05, 0) is 39.0 Å². The molecule has 0 spiro atoms. The van der Waals surface area contributed by atoms with E-state index in [0.29, 0.717) is 0 Å². The fraction of sp³-hybridized carbons (Fsp3) is 0.667. The number of likely N-dealkylation sites (tertiary alicyclic amines) is 1. The zero-order chi connectivity index (χ0) is 12.0. The second kappa shape index (κ2) is 6.16. The summed E-state index contributed by atoms with van der Waals surface area (Å²) in [4.78, 5) is 24.9. The second-order valence-corrected chi connectivity index (χ2v) is 3.96. The van der Waals surface area contributed by atoms with E-state index < -0.39 is 6.04 Å². The number of nitrogens with zero attached hydrogens (tertiary/aromatic N) is 1. The molecule has 0 bridgehead atoms. The Hall–Kier alpha value is -1.50. The molecule has 1 fully saturated rings. The van der Waals surface area contributed by atoms with Crippen molar-refractivity contribution in [2.24, 2.45) is 0 Å². The number of rotatable bonds is 2. The van der Waals surface area contributed by atoms with Crippen molar-refractivity contribution in [3.05, 3.63) is 0 Å². The van der Waals surface area contributed by atoms with E-state index in [2.05, 4.69) is 17.2 Å². The predicted molar refractivity (Wildman–Crippen MR) is 61.5 cm³/mol. The molecule has 0 aliphatic carbocycles. The predicted octanol–water partition coefficient (Wildman–Crippen LogP) is 0.527. The van der Waals surface area contributed by atoms with Crippen molar-refractivity contribution in [1.82, 2.24) is 10.2 Å². The van der Waals surface area contributed by atoms with Crippen LogP contribution in [0.3, 0.4) is 0 Å². The highest BCUT2D eigenvalue weighted by Gasteiger charge is 2.22. The van der Waals surface area contributed by atoms with Gasteiger partial charge in [0.25, 0.3) is 5.91 Å². The zero-order valence-electron chi connectivity index (χ0n) is 9.88. The highest BCUT2D eigenvalue weighted by Crippen LogP contribution is 2.09. The van der Waals surface area contributed by atoms with E-state index in [9.17, 15) is 9.59 Å². The molecule has 0 radical (unpaired) electrons. The number of carbonyl (C=O) groups excluding carboxylic acids is 2. The summed E-state index contributed by atoms with van der Waals surface area (Å²) in [6.45, 7) is 4.90. The second-order valence-electron chi connectivity index (χ2n) is 3.96. The van der Waals surface area contributed by atoms with Gasteiger partial charge in [-0.15, -0.1) is 0 Å². The highest BCUT2D eigenvalue weighted by molar-refractivity contribution is 5.96. The molecule has 0 aromatic heterocycles. The monoisotopic (exact) mass is 222 g/mol. The molecule has 88 valence electrons. The van der Waals surface area contributed by atoms with Crippen molar-refractivity contribution >= 4 is 11.8 Å². The third kappa shape index (κ3) is 3.58. The summed E-state index contributed by atoms with van der Waals surface area (Å²) in [7, 11) is 0. The fourth-order valence-corrected chi connectivity index (χ4v) is 1.80. The summed E-state index contributed by atoms with van der Waals surface area (Å²) in [6.07, 6.45) is 3.30. The Labute approximate surface area is 96.4 Å². The van der Waals surface area contributed by atoms with Crippen molar-refractivity contribution in [3.8, 4) is 11.8 Å². The van der Waals surface area contributed by atoms with Gasteiger partial charge in [0.1, 0.15) is 6.04 Å². The van der Waals surface area contributed by atoms with Gasteiger partial charge in [0, 0.05) is 13.1 Å². The van der Waals surface area contributed by atoms with Crippen molar-refractivity contribution in [1.29, 1.82) is 0 Å². The normalized spacial score (nSPS) is 17.0. The Morgan fingerprint density at radius 3 is 2.44 bits per heavy atom. The molecule has 2 amide bonds. The highest BCUT2D eigenvalue weighted by atomic mass is 16.2. The molecule has 0 aromatic rings. The van der Waals surface area contributed by atoms with Crippen LogP contribution in [0.2, 0.25) is 0 Å². The van der Waals surface area contributed by atoms with Gasteiger partial charge in [-0.1, -0.05) is 5.92 Å². The maximum Gasteiger partial charge on any atom is 0.296 e. The van der Waals surface area contributed by atoms with Gasteiger partial charge in [0.2, 0.25) is 5.91 Å². The van der Waals surface area contributed by atoms with Crippen LogP contribution in [-0.2, 0) is 9.59 Å². The van der Waals surface area contributed by atoms with E-state index in [1.165, 1.54) is 6.42 Å². The first kappa shape index (κ1) is 12.6. The van der Waals surface area contributed by atoms with Crippen molar-refractivity contribution in [2.75, 3.05) is 13.1 Å².